The summed E-state index contributed by atoms with van der Waals surface area (Å²) in [5.41, 5.74) is 8.40. The Balaban J connectivity index is 3.05. The van der Waals surface area contributed by atoms with Crippen molar-refractivity contribution < 1.29 is 0 Å². The third-order valence-electron chi connectivity index (χ3n) is 2.29. The van der Waals surface area contributed by atoms with Crippen molar-refractivity contribution >= 4 is 6.08 Å². The molecule has 1 heteroatoms. The van der Waals surface area contributed by atoms with Crippen molar-refractivity contribution in [2.75, 3.05) is 0 Å². The van der Waals surface area contributed by atoms with E-state index in [0.29, 0.717) is 5.92 Å². The molecule has 0 aliphatic rings. The summed E-state index contributed by atoms with van der Waals surface area (Å²) < 4.78 is 0. The highest BCUT2D eigenvalue weighted by Gasteiger charge is 2.11. The number of rotatable bonds is 3. The maximum atomic E-state index is 6.07. The molecule has 1 rings (SSSR count). The molecule has 0 amide bonds. The molecule has 0 fully saturated rings. The van der Waals surface area contributed by atoms with Gasteiger partial charge in [-0.2, -0.15) is 0 Å². The molecule has 1 nitrogen and oxygen atoms in total. The van der Waals surface area contributed by atoms with Crippen LogP contribution in [0.1, 0.15) is 31.0 Å². The minimum absolute atomic E-state index is 0.106. The van der Waals surface area contributed by atoms with E-state index in [-0.39, 0.29) is 6.04 Å². The van der Waals surface area contributed by atoms with Crippen molar-refractivity contribution in [3.63, 3.8) is 0 Å². The molecule has 0 bridgehead atoms. The number of hydrogen-bond donors (Lipinski definition) is 1. The molecule has 0 heterocycles. The van der Waals surface area contributed by atoms with E-state index in [1.165, 1.54) is 5.56 Å². The Bertz CT molecular complexity index is 289. The van der Waals surface area contributed by atoms with E-state index in [4.69, 9.17) is 5.73 Å². The van der Waals surface area contributed by atoms with Crippen molar-refractivity contribution in [2.24, 2.45) is 11.7 Å². The van der Waals surface area contributed by atoms with Crippen LogP contribution in [0.5, 0.6) is 0 Å². The van der Waals surface area contributed by atoms with Gasteiger partial charge in [-0.25, -0.2) is 0 Å². The van der Waals surface area contributed by atoms with Crippen molar-refractivity contribution in [1.29, 1.82) is 0 Å². The van der Waals surface area contributed by atoms with Crippen LogP contribution in [0, 0.1) is 5.92 Å². The lowest BCUT2D eigenvalue weighted by atomic mass is 9.93. The lowest BCUT2D eigenvalue weighted by molar-refractivity contribution is 0.513. The highest BCUT2D eigenvalue weighted by atomic mass is 14.6. The molecule has 0 aliphatic heterocycles. The monoisotopic (exact) mass is 175 g/mol. The first-order valence-corrected chi connectivity index (χ1v) is 4.63. The zero-order valence-corrected chi connectivity index (χ0v) is 8.33. The first-order chi connectivity index (χ1) is 6.16. The van der Waals surface area contributed by atoms with Gasteiger partial charge in [0.2, 0.25) is 0 Å². The third kappa shape index (κ3) is 2.19. The van der Waals surface area contributed by atoms with Crippen molar-refractivity contribution in [2.45, 2.75) is 19.9 Å². The molecule has 1 unspecified atom stereocenters. The van der Waals surface area contributed by atoms with E-state index in [9.17, 15) is 0 Å². The summed E-state index contributed by atoms with van der Waals surface area (Å²) in [5.74, 6) is 0.459. The van der Waals surface area contributed by atoms with Crippen LogP contribution in [0.15, 0.2) is 30.8 Å². The van der Waals surface area contributed by atoms with Gasteiger partial charge in [0.1, 0.15) is 0 Å². The quantitative estimate of drug-likeness (QED) is 0.751. The second-order valence-electron chi connectivity index (χ2n) is 3.60. The number of hydrogen-bond acceptors (Lipinski definition) is 1. The van der Waals surface area contributed by atoms with E-state index < -0.39 is 0 Å². The number of nitrogens with two attached hydrogens (primary N) is 1. The molecule has 0 aromatic heterocycles. The van der Waals surface area contributed by atoms with E-state index >= 15 is 0 Å². The molecule has 2 N–H and O–H groups in total. The Hall–Kier alpha value is -1.08. The standard InChI is InChI=1S/C12H17N/c1-4-10-7-5-6-8-11(10)12(13)9(2)3/h4-9,12H,1,13H2,2-3H3. The molecule has 13 heavy (non-hydrogen) atoms. The second-order valence-corrected chi connectivity index (χ2v) is 3.60. The second kappa shape index (κ2) is 4.24. The zero-order chi connectivity index (χ0) is 9.84. The van der Waals surface area contributed by atoms with Crippen LogP contribution in [0.4, 0.5) is 0 Å². The Morgan fingerprint density at radius 2 is 1.92 bits per heavy atom. The zero-order valence-electron chi connectivity index (χ0n) is 8.33. The first kappa shape index (κ1) is 10.0. The minimum atomic E-state index is 0.106. The largest absolute Gasteiger partial charge is 0.324 e. The Morgan fingerprint density at radius 3 is 2.46 bits per heavy atom. The fraction of sp³-hybridized carbons (Fsp3) is 0.333. The summed E-state index contributed by atoms with van der Waals surface area (Å²) >= 11 is 0. The van der Waals surface area contributed by atoms with Gasteiger partial charge in [-0.3, -0.25) is 0 Å². The molecule has 0 saturated carbocycles. The van der Waals surface area contributed by atoms with E-state index in [0.717, 1.165) is 5.56 Å². The summed E-state index contributed by atoms with van der Waals surface area (Å²) in [4.78, 5) is 0. The summed E-state index contributed by atoms with van der Waals surface area (Å²) in [7, 11) is 0. The molecular formula is C12H17N. The molecule has 0 aliphatic carbocycles. The Morgan fingerprint density at radius 1 is 1.31 bits per heavy atom. The van der Waals surface area contributed by atoms with E-state index in [2.05, 4.69) is 26.5 Å². The average Bonchev–Trinajstić information content (AvgIpc) is 2.16. The lowest BCUT2D eigenvalue weighted by Gasteiger charge is -2.18. The van der Waals surface area contributed by atoms with Gasteiger partial charge in [-0.05, 0) is 17.0 Å². The average molecular weight is 175 g/mol. The summed E-state index contributed by atoms with van der Waals surface area (Å²) in [6, 6.07) is 8.25. The molecule has 0 radical (unpaired) electrons. The van der Waals surface area contributed by atoms with Crippen LogP contribution in [0.2, 0.25) is 0 Å². The minimum Gasteiger partial charge on any atom is -0.324 e. The predicted octanol–water partition coefficient (Wildman–Crippen LogP) is 2.99. The highest BCUT2D eigenvalue weighted by Crippen LogP contribution is 2.22. The molecule has 1 aromatic rings. The SMILES string of the molecule is C=Cc1ccccc1C(N)C(C)C. The van der Waals surface area contributed by atoms with Crippen molar-refractivity contribution in [3.8, 4) is 0 Å². The lowest BCUT2D eigenvalue weighted by Crippen LogP contribution is -2.17. The van der Waals surface area contributed by atoms with Gasteiger partial charge in [0, 0.05) is 6.04 Å². The summed E-state index contributed by atoms with van der Waals surface area (Å²) in [6.45, 7) is 8.04. The third-order valence-corrected chi connectivity index (χ3v) is 2.29. The molecule has 0 spiro atoms. The van der Waals surface area contributed by atoms with E-state index in [1.54, 1.807) is 0 Å². The summed E-state index contributed by atoms with van der Waals surface area (Å²) in [5, 5.41) is 0. The van der Waals surface area contributed by atoms with Gasteiger partial charge in [0.25, 0.3) is 0 Å². The Labute approximate surface area is 80.3 Å². The Kier molecular flexibility index (Phi) is 3.26. The first-order valence-electron chi connectivity index (χ1n) is 4.63. The fourth-order valence-electron chi connectivity index (χ4n) is 1.36. The van der Waals surface area contributed by atoms with Crippen LogP contribution >= 0.6 is 0 Å². The van der Waals surface area contributed by atoms with Crippen LogP contribution in [-0.2, 0) is 0 Å². The van der Waals surface area contributed by atoms with Gasteiger partial charge < -0.3 is 5.73 Å². The summed E-state index contributed by atoms with van der Waals surface area (Å²) in [6.07, 6.45) is 1.86. The smallest absolute Gasteiger partial charge is 0.0324 e. The maximum absolute atomic E-state index is 6.07. The van der Waals surface area contributed by atoms with Crippen LogP contribution in [0.25, 0.3) is 6.08 Å². The van der Waals surface area contributed by atoms with Gasteiger partial charge >= 0.3 is 0 Å². The van der Waals surface area contributed by atoms with Crippen LogP contribution in [0.3, 0.4) is 0 Å². The molecule has 0 saturated heterocycles. The van der Waals surface area contributed by atoms with Gasteiger partial charge in [0.15, 0.2) is 0 Å². The predicted molar refractivity (Wildman–Crippen MR) is 58.3 cm³/mol. The van der Waals surface area contributed by atoms with Crippen LogP contribution in [-0.4, -0.2) is 0 Å². The van der Waals surface area contributed by atoms with Gasteiger partial charge in [-0.15, -0.1) is 0 Å². The van der Waals surface area contributed by atoms with E-state index in [1.807, 2.05) is 24.3 Å². The van der Waals surface area contributed by atoms with Gasteiger partial charge in [-0.1, -0.05) is 50.8 Å². The molecule has 1 aromatic carbocycles. The maximum Gasteiger partial charge on any atom is 0.0324 e. The van der Waals surface area contributed by atoms with Crippen molar-refractivity contribution in [3.05, 3.63) is 42.0 Å². The fourth-order valence-corrected chi connectivity index (χ4v) is 1.36. The molecule has 1 atom stereocenters. The molecule has 70 valence electrons. The number of benzene rings is 1. The van der Waals surface area contributed by atoms with Crippen LogP contribution < -0.4 is 5.73 Å². The topological polar surface area (TPSA) is 26.0 Å². The highest BCUT2D eigenvalue weighted by molar-refractivity contribution is 5.52. The normalized spacial score (nSPS) is 12.9. The molecular weight excluding hydrogens is 158 g/mol. The van der Waals surface area contributed by atoms with Crippen molar-refractivity contribution in [1.82, 2.24) is 0 Å². The van der Waals surface area contributed by atoms with Gasteiger partial charge in [0.05, 0.1) is 0 Å².